The first kappa shape index (κ1) is 20.5. The van der Waals surface area contributed by atoms with Crippen molar-refractivity contribution in [3.63, 3.8) is 0 Å². The van der Waals surface area contributed by atoms with E-state index in [-0.39, 0.29) is 53.9 Å². The standard InChI is InChI=1S/C20H30O6/c1-11(2)6-17(22)24-9-14-10-25-20(26-18(23)7-12(3)4)19-13(5)16(21)8-15(14)19/h10-13,15,19-20H,6-9H2,1-5H3/t13-,15?,19?,20+/m1/s1. The van der Waals surface area contributed by atoms with Crippen LogP contribution in [0.1, 0.15) is 53.9 Å². The maximum absolute atomic E-state index is 12.2. The third-order valence-corrected chi connectivity index (χ3v) is 4.91. The predicted molar refractivity (Wildman–Crippen MR) is 94.7 cm³/mol. The Balaban J connectivity index is 2.05. The lowest BCUT2D eigenvalue weighted by Gasteiger charge is -2.34. The van der Waals surface area contributed by atoms with Crippen LogP contribution in [-0.2, 0) is 28.6 Å². The summed E-state index contributed by atoms with van der Waals surface area (Å²) in [5.41, 5.74) is 0.779. The molecular weight excluding hydrogens is 336 g/mol. The second-order valence-electron chi connectivity index (χ2n) is 8.19. The second-order valence-corrected chi connectivity index (χ2v) is 8.19. The molecule has 4 atom stereocenters. The van der Waals surface area contributed by atoms with Gasteiger partial charge < -0.3 is 14.2 Å². The SMILES string of the molecule is CC(C)CC(=O)OCC1=CO[C@@H](OC(=O)CC(C)C)C2C1CC(=O)[C@H]2C. The third kappa shape index (κ3) is 5.08. The molecule has 6 nitrogen and oxygen atoms in total. The normalized spacial score (nSPS) is 27.8. The van der Waals surface area contributed by atoms with Crippen molar-refractivity contribution >= 4 is 17.7 Å². The van der Waals surface area contributed by atoms with E-state index in [2.05, 4.69) is 0 Å². The number of fused-ring (bicyclic) bond motifs is 1. The highest BCUT2D eigenvalue weighted by Gasteiger charge is 2.50. The molecule has 0 aromatic heterocycles. The molecule has 2 aliphatic rings. The zero-order valence-corrected chi connectivity index (χ0v) is 16.3. The lowest BCUT2D eigenvalue weighted by atomic mass is 9.83. The van der Waals surface area contributed by atoms with E-state index in [1.807, 2.05) is 34.6 Å². The Hall–Kier alpha value is -1.85. The summed E-state index contributed by atoms with van der Waals surface area (Å²) >= 11 is 0. The quantitative estimate of drug-likeness (QED) is 0.644. The van der Waals surface area contributed by atoms with Gasteiger partial charge in [0.05, 0.1) is 6.26 Å². The van der Waals surface area contributed by atoms with Gasteiger partial charge in [0.25, 0.3) is 0 Å². The number of ketones is 1. The average Bonchev–Trinajstić information content (AvgIpc) is 2.81. The van der Waals surface area contributed by atoms with E-state index >= 15 is 0 Å². The Morgan fingerprint density at radius 1 is 1.15 bits per heavy atom. The smallest absolute Gasteiger partial charge is 0.309 e. The largest absolute Gasteiger partial charge is 0.462 e. The van der Waals surface area contributed by atoms with E-state index < -0.39 is 6.29 Å². The van der Waals surface area contributed by atoms with Crippen molar-refractivity contribution in [3.05, 3.63) is 11.8 Å². The highest BCUT2D eigenvalue weighted by Crippen LogP contribution is 2.45. The van der Waals surface area contributed by atoms with E-state index in [4.69, 9.17) is 14.2 Å². The molecule has 0 bridgehead atoms. The molecule has 1 saturated carbocycles. The van der Waals surface area contributed by atoms with E-state index in [0.717, 1.165) is 5.57 Å². The average molecular weight is 366 g/mol. The Morgan fingerprint density at radius 2 is 1.77 bits per heavy atom. The third-order valence-electron chi connectivity index (χ3n) is 4.91. The molecule has 0 amide bonds. The van der Waals surface area contributed by atoms with Crippen LogP contribution in [0.4, 0.5) is 0 Å². The van der Waals surface area contributed by atoms with Gasteiger partial charge in [-0.05, 0) is 11.8 Å². The van der Waals surface area contributed by atoms with E-state index in [9.17, 15) is 14.4 Å². The molecule has 0 aromatic carbocycles. The number of esters is 2. The van der Waals surface area contributed by atoms with Crippen LogP contribution in [0.15, 0.2) is 11.8 Å². The summed E-state index contributed by atoms with van der Waals surface area (Å²) in [6, 6.07) is 0. The summed E-state index contributed by atoms with van der Waals surface area (Å²) < 4.78 is 16.5. The summed E-state index contributed by atoms with van der Waals surface area (Å²) in [4.78, 5) is 36.1. The predicted octanol–water partition coefficient (Wildman–Crippen LogP) is 3.25. The number of carbonyl (C=O) groups is 3. The summed E-state index contributed by atoms with van der Waals surface area (Å²) in [5, 5.41) is 0. The number of hydrogen-bond donors (Lipinski definition) is 0. The zero-order chi connectivity index (χ0) is 19.4. The number of hydrogen-bond acceptors (Lipinski definition) is 6. The molecule has 0 spiro atoms. The van der Waals surface area contributed by atoms with Gasteiger partial charge in [0.15, 0.2) is 0 Å². The molecule has 2 rings (SSSR count). The van der Waals surface area contributed by atoms with Crippen molar-refractivity contribution in [2.75, 3.05) is 6.61 Å². The second kappa shape index (κ2) is 8.69. The first-order valence-corrected chi connectivity index (χ1v) is 9.41. The summed E-state index contributed by atoms with van der Waals surface area (Å²) in [7, 11) is 0. The molecule has 0 radical (unpaired) electrons. The first-order valence-electron chi connectivity index (χ1n) is 9.41. The highest BCUT2D eigenvalue weighted by molar-refractivity contribution is 5.84. The van der Waals surface area contributed by atoms with Gasteiger partial charge in [-0.15, -0.1) is 0 Å². The summed E-state index contributed by atoms with van der Waals surface area (Å²) in [6.07, 6.45) is 1.77. The van der Waals surface area contributed by atoms with Gasteiger partial charge in [-0.1, -0.05) is 34.6 Å². The van der Waals surface area contributed by atoms with Gasteiger partial charge in [0.1, 0.15) is 12.4 Å². The van der Waals surface area contributed by atoms with Crippen LogP contribution in [0.3, 0.4) is 0 Å². The molecule has 0 N–H and O–H groups in total. The lowest BCUT2D eigenvalue weighted by Crippen LogP contribution is -2.38. The molecule has 6 heteroatoms. The van der Waals surface area contributed by atoms with Gasteiger partial charge in [-0.3, -0.25) is 14.4 Å². The molecule has 0 aromatic rings. The molecule has 146 valence electrons. The van der Waals surface area contributed by atoms with Crippen LogP contribution < -0.4 is 0 Å². The topological polar surface area (TPSA) is 78.9 Å². The minimum atomic E-state index is -0.761. The monoisotopic (exact) mass is 366 g/mol. The van der Waals surface area contributed by atoms with E-state index in [1.165, 1.54) is 6.26 Å². The maximum atomic E-state index is 12.2. The fourth-order valence-electron chi connectivity index (χ4n) is 3.55. The van der Waals surface area contributed by atoms with E-state index in [0.29, 0.717) is 19.3 Å². The zero-order valence-electron chi connectivity index (χ0n) is 16.3. The summed E-state index contributed by atoms with van der Waals surface area (Å²) in [5.74, 6) is -0.657. The van der Waals surface area contributed by atoms with Crippen LogP contribution in [0, 0.1) is 29.6 Å². The van der Waals surface area contributed by atoms with Crippen molar-refractivity contribution in [3.8, 4) is 0 Å². The van der Waals surface area contributed by atoms with Crippen molar-refractivity contribution in [1.82, 2.24) is 0 Å². The molecule has 0 saturated heterocycles. The molecular formula is C20H30O6. The Bertz CT molecular complexity index is 577. The number of Topliss-reactive ketones (excluding diaryl/α,β-unsaturated/α-hetero) is 1. The van der Waals surface area contributed by atoms with Crippen LogP contribution >= 0.6 is 0 Å². The minimum Gasteiger partial charge on any atom is -0.462 e. The van der Waals surface area contributed by atoms with Crippen LogP contribution in [0.2, 0.25) is 0 Å². The van der Waals surface area contributed by atoms with Crippen molar-refractivity contribution in [1.29, 1.82) is 0 Å². The molecule has 26 heavy (non-hydrogen) atoms. The van der Waals surface area contributed by atoms with Crippen LogP contribution in [-0.4, -0.2) is 30.6 Å². The fourth-order valence-corrected chi connectivity index (χ4v) is 3.55. The van der Waals surface area contributed by atoms with Crippen molar-refractivity contribution in [2.24, 2.45) is 29.6 Å². The Morgan fingerprint density at radius 3 is 2.38 bits per heavy atom. The molecule has 1 aliphatic carbocycles. The Labute approximate surface area is 155 Å². The Kier molecular flexibility index (Phi) is 6.84. The molecule has 1 aliphatic heterocycles. The number of rotatable bonds is 7. The highest BCUT2D eigenvalue weighted by atomic mass is 16.7. The van der Waals surface area contributed by atoms with Crippen molar-refractivity contribution < 1.29 is 28.6 Å². The van der Waals surface area contributed by atoms with Crippen LogP contribution in [0.25, 0.3) is 0 Å². The fraction of sp³-hybridized carbons (Fsp3) is 0.750. The van der Waals surface area contributed by atoms with Crippen molar-refractivity contribution in [2.45, 2.75) is 60.2 Å². The van der Waals surface area contributed by atoms with Crippen LogP contribution in [0.5, 0.6) is 0 Å². The number of ether oxygens (including phenoxy) is 3. The van der Waals surface area contributed by atoms with E-state index in [1.54, 1.807) is 0 Å². The number of carbonyl (C=O) groups excluding carboxylic acids is 3. The summed E-state index contributed by atoms with van der Waals surface area (Å²) in [6.45, 7) is 9.74. The lowest BCUT2D eigenvalue weighted by molar-refractivity contribution is -0.189. The first-order chi connectivity index (χ1) is 12.2. The van der Waals surface area contributed by atoms with Gasteiger partial charge in [-0.2, -0.15) is 0 Å². The molecule has 2 unspecified atom stereocenters. The maximum Gasteiger partial charge on any atom is 0.309 e. The van der Waals surface area contributed by atoms with Gasteiger partial charge >= 0.3 is 11.9 Å². The van der Waals surface area contributed by atoms with Gasteiger partial charge in [-0.25, -0.2) is 0 Å². The molecule has 1 heterocycles. The minimum absolute atomic E-state index is 0.110. The van der Waals surface area contributed by atoms with Gasteiger partial charge in [0, 0.05) is 42.6 Å². The molecule has 1 fully saturated rings. The van der Waals surface area contributed by atoms with Gasteiger partial charge in [0.2, 0.25) is 6.29 Å².